The number of fused-ring (bicyclic) bond motifs is 2. The second kappa shape index (κ2) is 6.84. The van der Waals surface area contributed by atoms with Crippen LogP contribution in [0.4, 0.5) is 10.2 Å². The minimum atomic E-state index is -0.660. The highest BCUT2D eigenvalue weighted by Crippen LogP contribution is 2.38. The fourth-order valence-electron chi connectivity index (χ4n) is 3.49. The smallest absolute Gasteiger partial charge is 0.182 e. The molecular weight excluding hydrogens is 391 g/mol. The van der Waals surface area contributed by atoms with Gasteiger partial charge >= 0.3 is 0 Å². The first-order valence-corrected chi connectivity index (χ1v) is 9.64. The van der Waals surface area contributed by atoms with Gasteiger partial charge in [0.1, 0.15) is 24.8 Å². The molecule has 1 aromatic carbocycles. The maximum atomic E-state index is 14.1. The Kier molecular flexibility index (Phi) is 4.24. The van der Waals surface area contributed by atoms with E-state index >= 15 is 0 Å². The number of anilines is 1. The van der Waals surface area contributed by atoms with Gasteiger partial charge in [0.15, 0.2) is 28.7 Å². The average Bonchev–Trinajstić information content (AvgIpc) is 3.29. The molecule has 0 fully saturated rings. The number of hydrogen-bond donors (Lipinski definition) is 2. The summed E-state index contributed by atoms with van der Waals surface area (Å²) in [6.07, 6.45) is 3.48. The van der Waals surface area contributed by atoms with Gasteiger partial charge < -0.3 is 14.8 Å². The second-order valence-electron chi connectivity index (χ2n) is 7.64. The molecule has 0 amide bonds. The maximum Gasteiger partial charge on any atom is 0.182 e. The molecule has 2 aliphatic rings. The van der Waals surface area contributed by atoms with E-state index in [2.05, 4.69) is 25.9 Å². The molecule has 0 radical (unpaired) electrons. The van der Waals surface area contributed by atoms with Crippen molar-refractivity contribution in [2.75, 3.05) is 18.5 Å². The number of nitrogens with zero attached hydrogens (tertiary/aromatic N) is 4. The lowest BCUT2D eigenvalue weighted by atomic mass is 10.1. The van der Waals surface area contributed by atoms with Gasteiger partial charge in [-0.3, -0.25) is 0 Å². The fraction of sp³-hybridized carbons (Fsp3) is 0.350. The lowest BCUT2D eigenvalue weighted by Gasteiger charge is -2.24. The van der Waals surface area contributed by atoms with Crippen molar-refractivity contribution in [3.8, 4) is 11.5 Å². The third-order valence-electron chi connectivity index (χ3n) is 4.87. The van der Waals surface area contributed by atoms with Crippen LogP contribution in [0.2, 0.25) is 0 Å². The van der Waals surface area contributed by atoms with Crippen LogP contribution in [0.1, 0.15) is 37.9 Å². The highest BCUT2D eigenvalue weighted by atomic mass is 19.1. The molecule has 0 aliphatic carbocycles. The van der Waals surface area contributed by atoms with Crippen molar-refractivity contribution in [3.05, 3.63) is 47.5 Å². The summed E-state index contributed by atoms with van der Waals surface area (Å²) in [6, 6.07) is 4.31. The van der Waals surface area contributed by atoms with Crippen LogP contribution < -0.4 is 20.3 Å². The third-order valence-corrected chi connectivity index (χ3v) is 4.87. The Bertz CT molecular complexity index is 1160. The Labute approximate surface area is 171 Å². The first-order valence-electron chi connectivity index (χ1n) is 9.64. The van der Waals surface area contributed by atoms with Crippen molar-refractivity contribution < 1.29 is 18.7 Å². The molecule has 3 aromatic rings. The molecule has 2 N–H and O–H groups in total. The summed E-state index contributed by atoms with van der Waals surface area (Å²) in [5.74, 6) is 1.76. The van der Waals surface area contributed by atoms with Crippen molar-refractivity contribution in [2.24, 2.45) is 4.99 Å². The summed E-state index contributed by atoms with van der Waals surface area (Å²) < 4.78 is 27.0. The molecule has 2 aliphatic heterocycles. The molecule has 0 spiro atoms. The predicted molar refractivity (Wildman–Crippen MR) is 107 cm³/mol. The van der Waals surface area contributed by atoms with Crippen molar-refractivity contribution in [2.45, 2.75) is 32.5 Å². The molecule has 0 saturated carbocycles. The first-order chi connectivity index (χ1) is 14.4. The zero-order chi connectivity index (χ0) is 20.9. The van der Waals surface area contributed by atoms with Gasteiger partial charge in [-0.25, -0.2) is 29.2 Å². The van der Waals surface area contributed by atoms with Crippen LogP contribution in [0.5, 0.6) is 11.5 Å². The molecule has 9 nitrogen and oxygen atoms in total. The number of hydrogen-bond acceptors (Lipinski definition) is 8. The number of aliphatic imine (C=N–C) groups is 1. The van der Waals surface area contributed by atoms with E-state index in [0.29, 0.717) is 47.6 Å². The van der Waals surface area contributed by atoms with E-state index in [1.165, 1.54) is 12.1 Å². The highest BCUT2D eigenvalue weighted by molar-refractivity contribution is 6.03. The number of hydroxylamine groups is 1. The Morgan fingerprint density at radius 1 is 1.27 bits per heavy atom. The lowest BCUT2D eigenvalue weighted by molar-refractivity contribution is -0.0269. The van der Waals surface area contributed by atoms with Crippen molar-refractivity contribution in [1.82, 2.24) is 20.1 Å². The molecule has 0 saturated heterocycles. The number of nitrogens with one attached hydrogen (secondary N) is 2. The van der Waals surface area contributed by atoms with Crippen LogP contribution in [0, 0.1) is 5.82 Å². The number of rotatable bonds is 4. The highest BCUT2D eigenvalue weighted by Gasteiger charge is 2.28. The SMILES string of the molecule is C[C@@H](Nc1ccn2ncc(C3=NC(C)(C)ON3)c2n1)c1cc(F)cc2c1OCCO2. The number of aromatic nitrogens is 3. The largest absolute Gasteiger partial charge is 0.486 e. The minimum Gasteiger partial charge on any atom is -0.486 e. The topological polar surface area (TPSA) is 94.3 Å². The molecule has 10 heteroatoms. The van der Waals surface area contributed by atoms with Crippen LogP contribution in [0.25, 0.3) is 5.65 Å². The molecule has 2 aromatic heterocycles. The zero-order valence-corrected chi connectivity index (χ0v) is 16.8. The van der Waals surface area contributed by atoms with E-state index in [1.54, 1.807) is 23.0 Å². The summed E-state index contributed by atoms with van der Waals surface area (Å²) in [7, 11) is 0. The summed E-state index contributed by atoms with van der Waals surface area (Å²) >= 11 is 0. The van der Waals surface area contributed by atoms with Crippen LogP contribution >= 0.6 is 0 Å². The van der Waals surface area contributed by atoms with E-state index in [9.17, 15) is 4.39 Å². The van der Waals surface area contributed by atoms with Gasteiger partial charge in [-0.15, -0.1) is 0 Å². The van der Waals surface area contributed by atoms with E-state index in [-0.39, 0.29) is 11.9 Å². The molecular formula is C20H21FN6O3. The summed E-state index contributed by atoms with van der Waals surface area (Å²) in [5, 5.41) is 7.63. The molecule has 4 heterocycles. The zero-order valence-electron chi connectivity index (χ0n) is 16.8. The third kappa shape index (κ3) is 3.28. The number of ether oxygens (including phenoxy) is 2. The van der Waals surface area contributed by atoms with E-state index in [1.807, 2.05) is 20.8 Å². The van der Waals surface area contributed by atoms with Gasteiger partial charge in [-0.05, 0) is 32.9 Å². The average molecular weight is 412 g/mol. The van der Waals surface area contributed by atoms with Gasteiger partial charge in [0.2, 0.25) is 0 Å². The number of halogens is 1. The Balaban J connectivity index is 1.47. The van der Waals surface area contributed by atoms with Crippen molar-refractivity contribution in [1.29, 1.82) is 0 Å². The van der Waals surface area contributed by atoms with Gasteiger partial charge in [0.25, 0.3) is 0 Å². The quantitative estimate of drug-likeness (QED) is 0.680. The Morgan fingerprint density at radius 3 is 2.90 bits per heavy atom. The summed E-state index contributed by atoms with van der Waals surface area (Å²) in [6.45, 7) is 6.45. The fourth-order valence-corrected chi connectivity index (χ4v) is 3.49. The molecule has 30 heavy (non-hydrogen) atoms. The van der Waals surface area contributed by atoms with Crippen LogP contribution in [-0.4, -0.2) is 39.4 Å². The van der Waals surface area contributed by atoms with Gasteiger partial charge in [-0.1, -0.05) is 0 Å². The maximum absolute atomic E-state index is 14.1. The van der Waals surface area contributed by atoms with Crippen LogP contribution in [0.15, 0.2) is 35.6 Å². The normalized spacial score (nSPS) is 18.1. The first kappa shape index (κ1) is 18.6. The molecule has 5 rings (SSSR count). The monoisotopic (exact) mass is 412 g/mol. The molecule has 0 unspecified atom stereocenters. The van der Waals surface area contributed by atoms with Crippen LogP contribution in [-0.2, 0) is 4.84 Å². The predicted octanol–water partition coefficient (Wildman–Crippen LogP) is 2.83. The second-order valence-corrected chi connectivity index (χ2v) is 7.64. The molecule has 0 bridgehead atoms. The Hall–Kier alpha value is -3.40. The van der Waals surface area contributed by atoms with Gasteiger partial charge in [0.05, 0.1) is 17.8 Å². The van der Waals surface area contributed by atoms with Gasteiger partial charge in [-0.2, -0.15) is 5.10 Å². The Morgan fingerprint density at radius 2 is 2.10 bits per heavy atom. The minimum absolute atomic E-state index is 0.276. The standard InChI is InChI=1S/C20H21FN6O3/c1-11(13-8-12(21)9-15-17(13)29-7-6-28-15)23-16-4-5-27-19(24-16)14(10-22-27)18-25-20(2,3)30-26-18/h4-5,8-11H,6-7H2,1-3H3,(H,23,24)(H,25,26)/t11-/m1/s1. The summed E-state index contributed by atoms with van der Waals surface area (Å²) in [5.41, 5.74) is 4.17. The lowest BCUT2D eigenvalue weighted by Crippen LogP contribution is -2.23. The number of amidine groups is 1. The number of benzene rings is 1. The van der Waals surface area contributed by atoms with Gasteiger partial charge in [0, 0.05) is 17.8 Å². The molecule has 1 atom stereocenters. The van der Waals surface area contributed by atoms with E-state index in [0.717, 1.165) is 5.56 Å². The van der Waals surface area contributed by atoms with E-state index < -0.39 is 5.72 Å². The van der Waals surface area contributed by atoms with Crippen LogP contribution in [0.3, 0.4) is 0 Å². The van der Waals surface area contributed by atoms with E-state index in [4.69, 9.17) is 14.3 Å². The van der Waals surface area contributed by atoms with Crippen molar-refractivity contribution in [3.63, 3.8) is 0 Å². The van der Waals surface area contributed by atoms with Crippen molar-refractivity contribution >= 4 is 17.3 Å². The molecule has 156 valence electrons. The summed E-state index contributed by atoms with van der Waals surface area (Å²) in [4.78, 5) is 14.6.